The molecule has 0 aromatic rings. The van der Waals surface area contributed by atoms with Crippen molar-refractivity contribution in [1.82, 2.24) is 10.2 Å². The highest BCUT2D eigenvalue weighted by Crippen LogP contribution is 2.58. The van der Waals surface area contributed by atoms with Gasteiger partial charge in [-0.2, -0.15) is 0 Å². The van der Waals surface area contributed by atoms with E-state index in [0.717, 1.165) is 0 Å². The van der Waals surface area contributed by atoms with E-state index >= 15 is 0 Å². The molecular weight excluding hydrogens is 236 g/mol. The summed E-state index contributed by atoms with van der Waals surface area (Å²) in [7, 11) is 1.52. The van der Waals surface area contributed by atoms with E-state index in [1.165, 1.54) is 11.9 Å². The van der Waals surface area contributed by atoms with E-state index in [4.69, 9.17) is 5.11 Å². The number of carboxylic acid groups (broad SMARTS) is 1. The Hall–Kier alpha value is -1.59. The van der Waals surface area contributed by atoms with E-state index in [0.29, 0.717) is 6.54 Å². The number of likely N-dealkylation sites (N-methyl/N-ethyl adjacent to an activating group) is 2. The topological polar surface area (TPSA) is 86.7 Å². The first kappa shape index (κ1) is 14.5. The molecule has 0 saturated heterocycles. The molecule has 1 aliphatic carbocycles. The van der Waals surface area contributed by atoms with Crippen LogP contribution in [-0.2, 0) is 14.4 Å². The highest BCUT2D eigenvalue weighted by molar-refractivity contribution is 5.93. The lowest BCUT2D eigenvalue weighted by atomic mass is 10.1. The molecule has 18 heavy (non-hydrogen) atoms. The van der Waals surface area contributed by atoms with Crippen LogP contribution in [0.1, 0.15) is 20.8 Å². The van der Waals surface area contributed by atoms with Crippen molar-refractivity contribution in [3.63, 3.8) is 0 Å². The third-order valence-corrected chi connectivity index (χ3v) is 3.49. The largest absolute Gasteiger partial charge is 0.481 e. The molecule has 6 nitrogen and oxygen atoms in total. The van der Waals surface area contributed by atoms with E-state index in [1.54, 1.807) is 20.8 Å². The fourth-order valence-electron chi connectivity index (χ4n) is 2.34. The number of hydrogen-bond donors (Lipinski definition) is 2. The maximum Gasteiger partial charge on any atom is 0.307 e. The minimum Gasteiger partial charge on any atom is -0.481 e. The van der Waals surface area contributed by atoms with Gasteiger partial charge in [0.25, 0.3) is 0 Å². The van der Waals surface area contributed by atoms with Crippen molar-refractivity contribution < 1.29 is 19.5 Å². The summed E-state index contributed by atoms with van der Waals surface area (Å²) in [6, 6.07) is 0. The summed E-state index contributed by atoms with van der Waals surface area (Å²) in [6.45, 7) is 5.78. The summed E-state index contributed by atoms with van der Waals surface area (Å²) in [5, 5.41) is 11.6. The zero-order chi connectivity index (χ0) is 14.1. The van der Waals surface area contributed by atoms with E-state index in [9.17, 15) is 14.4 Å². The maximum atomic E-state index is 12.1. The van der Waals surface area contributed by atoms with Gasteiger partial charge in [-0.3, -0.25) is 14.4 Å². The number of hydrogen-bond acceptors (Lipinski definition) is 3. The van der Waals surface area contributed by atoms with Gasteiger partial charge in [-0.15, -0.1) is 0 Å². The fourth-order valence-corrected chi connectivity index (χ4v) is 2.34. The molecule has 2 unspecified atom stereocenters. The lowest BCUT2D eigenvalue weighted by molar-refractivity contribution is -0.142. The molecule has 0 bridgehead atoms. The number of nitrogens with one attached hydrogen (secondary N) is 1. The van der Waals surface area contributed by atoms with Crippen molar-refractivity contribution in [1.29, 1.82) is 0 Å². The predicted octanol–water partition coefficient (Wildman–Crippen LogP) is -0.0623. The molecule has 2 amide bonds. The Morgan fingerprint density at radius 2 is 1.83 bits per heavy atom. The Bertz CT molecular complexity index is 378. The fraction of sp³-hybridized carbons (Fsp3) is 0.750. The van der Waals surface area contributed by atoms with Gasteiger partial charge in [-0.25, -0.2) is 0 Å². The van der Waals surface area contributed by atoms with Gasteiger partial charge in [-0.1, -0.05) is 13.8 Å². The summed E-state index contributed by atoms with van der Waals surface area (Å²) in [5.74, 6) is -2.65. The summed E-state index contributed by atoms with van der Waals surface area (Å²) in [4.78, 5) is 35.7. The summed E-state index contributed by atoms with van der Waals surface area (Å²) < 4.78 is 0. The number of rotatable bonds is 5. The molecule has 0 heterocycles. The van der Waals surface area contributed by atoms with Gasteiger partial charge in [0, 0.05) is 13.6 Å². The number of carbonyl (C=O) groups is 3. The standard InChI is InChI=1S/C12H20N2O4/c1-5-13-7(15)6-14(4)10(16)8-9(11(17)18)12(8,2)3/h8-9H,5-6H2,1-4H3,(H,13,15)(H,17,18). The Kier molecular flexibility index (Phi) is 3.98. The SMILES string of the molecule is CCNC(=O)CN(C)C(=O)C1C(C(=O)O)C1(C)C. The zero-order valence-electron chi connectivity index (χ0n) is 11.2. The number of carboxylic acids is 1. The maximum absolute atomic E-state index is 12.1. The molecule has 0 aliphatic heterocycles. The highest BCUT2D eigenvalue weighted by Gasteiger charge is 2.66. The molecule has 1 fully saturated rings. The quantitative estimate of drug-likeness (QED) is 0.721. The minimum atomic E-state index is -0.954. The average Bonchev–Trinajstić information content (AvgIpc) is 2.80. The van der Waals surface area contributed by atoms with Crippen LogP contribution in [0.3, 0.4) is 0 Å². The van der Waals surface area contributed by atoms with Crippen LogP contribution < -0.4 is 5.32 Å². The molecule has 0 spiro atoms. The van der Waals surface area contributed by atoms with Crippen LogP contribution in [-0.4, -0.2) is 47.9 Å². The average molecular weight is 256 g/mol. The Morgan fingerprint density at radius 3 is 2.22 bits per heavy atom. The summed E-state index contributed by atoms with van der Waals surface area (Å²) in [5.41, 5.74) is -0.529. The van der Waals surface area contributed by atoms with Gasteiger partial charge < -0.3 is 15.3 Å². The monoisotopic (exact) mass is 256 g/mol. The van der Waals surface area contributed by atoms with Crippen LogP contribution in [0.2, 0.25) is 0 Å². The molecule has 0 aromatic heterocycles. The molecule has 102 valence electrons. The lowest BCUT2D eigenvalue weighted by Gasteiger charge is -2.17. The zero-order valence-corrected chi connectivity index (χ0v) is 11.2. The number of nitrogens with zero attached hydrogens (tertiary/aromatic N) is 1. The van der Waals surface area contributed by atoms with Gasteiger partial charge >= 0.3 is 5.97 Å². The highest BCUT2D eigenvalue weighted by atomic mass is 16.4. The summed E-state index contributed by atoms with van der Waals surface area (Å²) >= 11 is 0. The molecule has 2 N–H and O–H groups in total. The van der Waals surface area contributed by atoms with Crippen molar-refractivity contribution in [2.24, 2.45) is 17.3 Å². The molecule has 0 radical (unpaired) electrons. The van der Waals surface area contributed by atoms with Gasteiger partial charge in [-0.05, 0) is 12.3 Å². The van der Waals surface area contributed by atoms with E-state index in [1.807, 2.05) is 0 Å². The molecule has 1 saturated carbocycles. The van der Waals surface area contributed by atoms with Crippen LogP contribution in [0.4, 0.5) is 0 Å². The van der Waals surface area contributed by atoms with Crippen LogP contribution in [0.5, 0.6) is 0 Å². The van der Waals surface area contributed by atoms with Crippen molar-refractivity contribution in [3.8, 4) is 0 Å². The Labute approximate surface area is 106 Å². The van der Waals surface area contributed by atoms with E-state index in [-0.39, 0.29) is 18.4 Å². The van der Waals surface area contributed by atoms with Crippen molar-refractivity contribution in [2.75, 3.05) is 20.1 Å². The second-order valence-corrected chi connectivity index (χ2v) is 5.26. The van der Waals surface area contributed by atoms with Crippen molar-refractivity contribution in [3.05, 3.63) is 0 Å². The van der Waals surface area contributed by atoms with Crippen LogP contribution >= 0.6 is 0 Å². The van der Waals surface area contributed by atoms with Gasteiger partial charge in [0.1, 0.15) is 0 Å². The normalized spacial score (nSPS) is 24.2. The smallest absolute Gasteiger partial charge is 0.307 e. The molecular formula is C12H20N2O4. The van der Waals surface area contributed by atoms with Gasteiger partial charge in [0.2, 0.25) is 11.8 Å². The van der Waals surface area contributed by atoms with Crippen LogP contribution in [0.15, 0.2) is 0 Å². The predicted molar refractivity (Wildman–Crippen MR) is 64.7 cm³/mol. The summed E-state index contributed by atoms with van der Waals surface area (Å²) in [6.07, 6.45) is 0. The minimum absolute atomic E-state index is 0.0361. The lowest BCUT2D eigenvalue weighted by Crippen LogP contribution is -2.39. The second kappa shape index (κ2) is 4.96. The van der Waals surface area contributed by atoms with Crippen molar-refractivity contribution >= 4 is 17.8 Å². The van der Waals surface area contributed by atoms with E-state index < -0.39 is 23.2 Å². The first-order chi connectivity index (χ1) is 8.23. The van der Waals surface area contributed by atoms with Crippen molar-refractivity contribution in [2.45, 2.75) is 20.8 Å². The van der Waals surface area contributed by atoms with E-state index in [2.05, 4.69) is 5.32 Å². The number of carbonyl (C=O) groups excluding carboxylic acids is 2. The molecule has 6 heteroatoms. The molecule has 1 rings (SSSR count). The van der Waals surface area contributed by atoms with Gasteiger partial charge in [0.05, 0.1) is 18.4 Å². The Balaban J connectivity index is 2.61. The molecule has 2 atom stereocenters. The molecule has 1 aliphatic rings. The Morgan fingerprint density at radius 1 is 1.28 bits per heavy atom. The van der Waals surface area contributed by atoms with Crippen LogP contribution in [0.25, 0.3) is 0 Å². The molecule has 0 aromatic carbocycles. The second-order valence-electron chi connectivity index (χ2n) is 5.26. The third-order valence-electron chi connectivity index (χ3n) is 3.49. The third kappa shape index (κ3) is 2.63. The van der Waals surface area contributed by atoms with Gasteiger partial charge in [0.15, 0.2) is 0 Å². The first-order valence-corrected chi connectivity index (χ1v) is 5.98. The number of aliphatic carboxylic acids is 1. The van der Waals surface area contributed by atoms with Crippen LogP contribution in [0, 0.1) is 17.3 Å². The first-order valence-electron chi connectivity index (χ1n) is 5.98. The number of amides is 2.